The lowest BCUT2D eigenvalue weighted by Gasteiger charge is -2.50. The fourth-order valence-electron chi connectivity index (χ4n) is 14.1. The van der Waals surface area contributed by atoms with Crippen LogP contribution in [-0.4, -0.2) is 52.6 Å². The van der Waals surface area contributed by atoms with Crippen LogP contribution in [0.3, 0.4) is 0 Å². The van der Waals surface area contributed by atoms with Gasteiger partial charge in [0.15, 0.2) is 5.84 Å². The maximum atomic E-state index is 15.8. The number of benzene rings is 2. The van der Waals surface area contributed by atoms with E-state index in [0.717, 1.165) is 89.9 Å². The first kappa shape index (κ1) is 57.8. The number of esters is 2. The summed E-state index contributed by atoms with van der Waals surface area (Å²) in [4.78, 5) is 74.6. The van der Waals surface area contributed by atoms with E-state index in [1.165, 1.54) is 0 Å². The van der Waals surface area contributed by atoms with Gasteiger partial charge in [0.2, 0.25) is 0 Å². The number of aromatic nitrogens is 1. The maximum Gasteiger partial charge on any atom is 0.342 e. The smallest absolute Gasteiger partial charge is 0.342 e. The zero-order chi connectivity index (χ0) is 55.8. The lowest BCUT2D eigenvalue weighted by molar-refractivity contribution is -0.164. The number of carbonyl (C=O) groups excluding carboxylic acids is 4. The van der Waals surface area contributed by atoms with Gasteiger partial charge in [-0.05, 0) is 121 Å². The zero-order valence-corrected chi connectivity index (χ0v) is 49.3. The Kier molecular flexibility index (Phi) is 17.4. The number of amidine groups is 2. The van der Waals surface area contributed by atoms with Crippen LogP contribution in [0, 0.1) is 63.1 Å². The summed E-state index contributed by atoms with van der Waals surface area (Å²) in [5, 5.41) is 6.26. The summed E-state index contributed by atoms with van der Waals surface area (Å²) in [5.74, 6) is 0.308. The van der Waals surface area contributed by atoms with Gasteiger partial charge in [0.1, 0.15) is 40.8 Å². The van der Waals surface area contributed by atoms with Crippen LogP contribution in [0.2, 0.25) is 0 Å². The van der Waals surface area contributed by atoms with Gasteiger partial charge < -0.3 is 25.1 Å². The van der Waals surface area contributed by atoms with Crippen molar-refractivity contribution in [1.29, 1.82) is 0 Å². The minimum Gasteiger partial charge on any atom is -0.458 e. The van der Waals surface area contributed by atoms with Crippen molar-refractivity contribution >= 4 is 47.1 Å². The first-order valence-electron chi connectivity index (χ1n) is 29.5. The summed E-state index contributed by atoms with van der Waals surface area (Å²) in [5.41, 5.74) is 2.13. The molecule has 0 spiro atoms. The molecule has 3 aromatic rings. The number of amides is 2. The summed E-state index contributed by atoms with van der Waals surface area (Å²) in [6.07, 6.45) is 12.2. The molecule has 4 atom stereocenters. The molecule has 4 fully saturated rings. The topological polar surface area (TPSA) is 151 Å². The monoisotopic (exact) mass is 1050 g/mol. The van der Waals surface area contributed by atoms with E-state index in [4.69, 9.17) is 19.5 Å². The summed E-state index contributed by atoms with van der Waals surface area (Å²) < 4.78 is 14.1. The molecule has 4 saturated carbocycles. The summed E-state index contributed by atoms with van der Waals surface area (Å²) >= 11 is 0. The third-order valence-corrected chi connectivity index (χ3v) is 18.3. The highest BCUT2D eigenvalue weighted by Gasteiger charge is 2.51. The number of aromatic amines is 1. The van der Waals surface area contributed by atoms with Crippen molar-refractivity contribution in [2.45, 2.75) is 205 Å². The molecular formula is C66H93N5O6. The Hall–Kier alpha value is -5.32. The zero-order valence-electron chi connectivity index (χ0n) is 49.3. The van der Waals surface area contributed by atoms with Gasteiger partial charge >= 0.3 is 11.9 Å². The van der Waals surface area contributed by atoms with Crippen LogP contribution in [0.5, 0.6) is 0 Å². The van der Waals surface area contributed by atoms with Crippen molar-refractivity contribution in [2.24, 2.45) is 73.1 Å². The number of aliphatic imine (C=N–C) groups is 2. The third kappa shape index (κ3) is 13.2. The molecule has 3 N–H and O–H groups in total. The highest BCUT2D eigenvalue weighted by molar-refractivity contribution is 6.34. The van der Waals surface area contributed by atoms with E-state index in [1.54, 1.807) is 24.3 Å². The lowest BCUT2D eigenvalue weighted by atomic mass is 9.59. The van der Waals surface area contributed by atoms with E-state index in [2.05, 4.69) is 113 Å². The van der Waals surface area contributed by atoms with Gasteiger partial charge in [-0.3, -0.25) is 9.59 Å². The fraction of sp³-hybridized carbons (Fsp3) is 0.636. The molecule has 2 heterocycles. The molecule has 0 saturated heterocycles. The Morgan fingerprint density at radius 1 is 0.545 bits per heavy atom. The van der Waals surface area contributed by atoms with Crippen molar-refractivity contribution < 1.29 is 28.7 Å². The molecule has 0 radical (unpaired) electrons. The molecule has 4 unspecified atom stereocenters. The average molecular weight is 1050 g/mol. The number of nitrogens with one attached hydrogen (secondary N) is 3. The molecule has 11 heteroatoms. The first-order valence-corrected chi connectivity index (χ1v) is 29.5. The van der Waals surface area contributed by atoms with Gasteiger partial charge in [-0.15, -0.1) is 0 Å². The molecule has 8 rings (SSSR count). The van der Waals surface area contributed by atoms with E-state index in [1.807, 2.05) is 36.4 Å². The second-order valence-electron chi connectivity index (χ2n) is 28.4. The highest BCUT2D eigenvalue weighted by atomic mass is 16.5. The van der Waals surface area contributed by atoms with Crippen molar-refractivity contribution in [1.82, 2.24) is 10.3 Å². The summed E-state index contributed by atoms with van der Waals surface area (Å²) in [6.45, 7) is 31.6. The number of carbonyl (C=O) groups is 4. The number of hydrogen-bond donors (Lipinski definition) is 3. The molecule has 2 aromatic carbocycles. The number of rotatable bonds is 10. The van der Waals surface area contributed by atoms with Gasteiger partial charge in [0.05, 0.1) is 0 Å². The van der Waals surface area contributed by atoms with E-state index in [0.29, 0.717) is 45.8 Å². The second-order valence-corrected chi connectivity index (χ2v) is 28.4. The average Bonchev–Trinajstić information content (AvgIpc) is 3.96. The SMILES string of the molecule is CC1CC(C(C)(C)C)C(OC(=O)C2=C(C3CCCCC3)C(=Nc3[nH]c(NC(=O)c4ccccc4)c(C(=O)OC4C(C(C)(C)C)CC(C)CC4C(C)(C)C)c3C3CCCCC3)N=C2NC(=O)c2ccccc2)C(C(C)(C)C)C1. The second kappa shape index (κ2) is 23.2. The van der Waals surface area contributed by atoms with Crippen molar-refractivity contribution in [3.05, 3.63) is 94.1 Å². The first-order chi connectivity index (χ1) is 36.2. The standard InChI is InChI=1S/C66H93N5O6/c1-39-35-45(63(3,4)5)53(46(36-39)64(6,7)8)76-61(74)51-49(41-27-19-15-20-28-41)55(68-57(51)70-59(72)43-31-23-17-24-32-43)67-56-50(42-29-21-16-22-30-42)52(58(69-56)71-60(73)44-33-25-18-26-34-44)62(75)77-54-47(65(9,10)11)37-40(2)38-48(54)66(12,13)14/h17-18,23-26,31-34,39-42,45-48,53-54,68H,15-16,19-22,27-30,35-38H2,1-14H3,(H,70,72)(H,67,69,71,73). The third-order valence-electron chi connectivity index (χ3n) is 18.3. The van der Waals surface area contributed by atoms with Crippen LogP contribution >= 0.6 is 0 Å². The van der Waals surface area contributed by atoms with Gasteiger partial charge in [-0.2, -0.15) is 0 Å². The van der Waals surface area contributed by atoms with Crippen LogP contribution in [0.1, 0.15) is 229 Å². The Morgan fingerprint density at radius 3 is 1.38 bits per heavy atom. The molecular weight excluding hydrogens is 959 g/mol. The van der Waals surface area contributed by atoms with E-state index in [-0.39, 0.29) is 98.1 Å². The molecule has 4 aliphatic carbocycles. The van der Waals surface area contributed by atoms with Gasteiger partial charge in [0.25, 0.3) is 11.8 Å². The van der Waals surface area contributed by atoms with Gasteiger partial charge in [-0.25, -0.2) is 19.6 Å². The van der Waals surface area contributed by atoms with Crippen LogP contribution in [0.25, 0.3) is 0 Å². The summed E-state index contributed by atoms with van der Waals surface area (Å²) in [7, 11) is 0. The quantitative estimate of drug-likeness (QED) is 0.172. The largest absolute Gasteiger partial charge is 0.458 e. The molecule has 11 nitrogen and oxygen atoms in total. The number of anilines is 1. The molecule has 0 bridgehead atoms. The number of ether oxygens (including phenoxy) is 2. The van der Waals surface area contributed by atoms with Crippen LogP contribution < -0.4 is 10.6 Å². The van der Waals surface area contributed by atoms with E-state index >= 15 is 9.59 Å². The molecule has 1 aliphatic heterocycles. The Balaban J connectivity index is 1.34. The van der Waals surface area contributed by atoms with Crippen LogP contribution in [0.4, 0.5) is 11.6 Å². The highest BCUT2D eigenvalue weighted by Crippen LogP contribution is 2.53. The number of H-pyrrole nitrogens is 1. The van der Waals surface area contributed by atoms with Gasteiger partial charge in [0, 0.05) is 45.9 Å². The Bertz CT molecular complexity index is 2650. The number of nitrogens with zero attached hydrogens (tertiary/aromatic N) is 2. The van der Waals surface area contributed by atoms with Crippen LogP contribution in [0.15, 0.2) is 81.8 Å². The van der Waals surface area contributed by atoms with Crippen LogP contribution in [-0.2, 0) is 14.3 Å². The maximum absolute atomic E-state index is 15.8. The van der Waals surface area contributed by atoms with E-state index < -0.39 is 17.8 Å². The number of hydrogen-bond acceptors (Lipinski definition) is 7. The fourth-order valence-corrected chi connectivity index (χ4v) is 14.1. The molecule has 418 valence electrons. The van der Waals surface area contributed by atoms with Crippen molar-refractivity contribution in [3.63, 3.8) is 0 Å². The molecule has 2 amide bonds. The predicted molar refractivity (Wildman–Crippen MR) is 311 cm³/mol. The van der Waals surface area contributed by atoms with Gasteiger partial charge in [-0.1, -0.05) is 172 Å². The lowest BCUT2D eigenvalue weighted by Crippen LogP contribution is -2.50. The Labute approximate surface area is 461 Å². The molecule has 1 aromatic heterocycles. The normalized spacial score (nSPS) is 26.8. The van der Waals surface area contributed by atoms with Crippen molar-refractivity contribution in [2.75, 3.05) is 5.32 Å². The van der Waals surface area contributed by atoms with E-state index in [9.17, 15) is 9.59 Å². The Morgan fingerprint density at radius 2 is 0.948 bits per heavy atom. The van der Waals surface area contributed by atoms with Crippen molar-refractivity contribution in [3.8, 4) is 0 Å². The molecule has 5 aliphatic rings. The minimum absolute atomic E-state index is 0.0843. The minimum atomic E-state index is -0.506. The summed E-state index contributed by atoms with van der Waals surface area (Å²) in [6, 6.07) is 18.0. The molecule has 77 heavy (non-hydrogen) atoms. The predicted octanol–water partition coefficient (Wildman–Crippen LogP) is 16.0.